The minimum absolute atomic E-state index is 0.122. The van der Waals surface area contributed by atoms with Gasteiger partial charge in [-0.05, 0) is 48.2 Å². The van der Waals surface area contributed by atoms with Crippen LogP contribution in [0.1, 0.15) is 53.0 Å². The van der Waals surface area contributed by atoms with Gasteiger partial charge in [0.15, 0.2) is 23.1 Å². The topological polar surface area (TPSA) is 107 Å². The van der Waals surface area contributed by atoms with Gasteiger partial charge in [0.05, 0.1) is 6.61 Å². The lowest BCUT2D eigenvalue weighted by molar-refractivity contribution is 0.0740. The Morgan fingerprint density at radius 2 is 1.74 bits per heavy atom. The second kappa shape index (κ2) is 11.0. The van der Waals surface area contributed by atoms with E-state index < -0.39 is 52.8 Å². The van der Waals surface area contributed by atoms with E-state index in [0.29, 0.717) is 17.5 Å². The zero-order valence-corrected chi connectivity index (χ0v) is 18.4. The molecule has 1 amide bonds. The van der Waals surface area contributed by atoms with Gasteiger partial charge >= 0.3 is 0 Å². The number of aliphatic hydroxyl groups is 1. The van der Waals surface area contributed by atoms with Crippen LogP contribution < -0.4 is 5.43 Å². The molecule has 3 aromatic rings. The van der Waals surface area contributed by atoms with Gasteiger partial charge in [0.2, 0.25) is 5.43 Å². The molecule has 0 bridgehead atoms. The lowest BCUT2D eigenvalue weighted by Gasteiger charge is -2.26. The smallest absolute Gasteiger partial charge is 0.275 e. The van der Waals surface area contributed by atoms with Crippen LogP contribution in [0.4, 0.5) is 13.2 Å². The summed E-state index contributed by atoms with van der Waals surface area (Å²) < 4.78 is 40.9. The van der Waals surface area contributed by atoms with E-state index in [4.69, 9.17) is 5.11 Å². The van der Waals surface area contributed by atoms with Crippen LogP contribution in [0, 0.1) is 17.5 Å². The number of hydrogen-bond acceptors (Lipinski definition) is 5. The Balaban J connectivity index is 1.91. The van der Waals surface area contributed by atoms with Crippen LogP contribution in [0.5, 0.6) is 5.75 Å². The van der Waals surface area contributed by atoms with Crippen molar-refractivity contribution in [1.82, 2.24) is 15.1 Å². The van der Waals surface area contributed by atoms with Crippen molar-refractivity contribution in [1.29, 1.82) is 0 Å². The SMILES string of the molecule is CCCN(CCC(c1ccc(F)cc1)c1ccc(F)c(F)c1)C(=O)c1[nH]nc(CO)c(=O)c1O. The molecule has 10 heteroatoms. The van der Waals surface area contributed by atoms with Gasteiger partial charge in [-0.25, -0.2) is 13.2 Å². The number of nitrogens with zero attached hydrogens (tertiary/aromatic N) is 2. The molecule has 1 heterocycles. The predicted octanol–water partition coefficient (Wildman–Crippen LogP) is 3.46. The summed E-state index contributed by atoms with van der Waals surface area (Å²) >= 11 is 0. The predicted molar refractivity (Wildman–Crippen MR) is 118 cm³/mol. The van der Waals surface area contributed by atoms with Gasteiger partial charge in [-0.2, -0.15) is 5.10 Å². The molecule has 0 radical (unpaired) electrons. The molecule has 0 fully saturated rings. The Hall–Kier alpha value is -3.66. The van der Waals surface area contributed by atoms with Crippen LogP contribution in [0.3, 0.4) is 0 Å². The number of aromatic nitrogens is 2. The maximum Gasteiger partial charge on any atom is 0.275 e. The molecule has 7 nitrogen and oxygen atoms in total. The van der Waals surface area contributed by atoms with Gasteiger partial charge in [-0.3, -0.25) is 14.7 Å². The molecule has 3 N–H and O–H groups in total. The molecule has 0 spiro atoms. The van der Waals surface area contributed by atoms with Crippen molar-refractivity contribution in [2.45, 2.75) is 32.3 Å². The number of benzene rings is 2. The van der Waals surface area contributed by atoms with E-state index in [1.54, 1.807) is 0 Å². The summed E-state index contributed by atoms with van der Waals surface area (Å²) in [4.78, 5) is 26.5. The van der Waals surface area contributed by atoms with Crippen molar-refractivity contribution in [3.8, 4) is 5.75 Å². The highest BCUT2D eigenvalue weighted by Gasteiger charge is 2.25. The van der Waals surface area contributed by atoms with Crippen LogP contribution in [0.2, 0.25) is 0 Å². The third kappa shape index (κ3) is 5.45. The molecule has 0 saturated carbocycles. The number of H-pyrrole nitrogens is 1. The summed E-state index contributed by atoms with van der Waals surface area (Å²) in [6.07, 6.45) is 0.820. The molecule has 3 rings (SSSR count). The second-order valence-electron chi connectivity index (χ2n) is 7.74. The lowest BCUT2D eigenvalue weighted by atomic mass is 9.88. The monoisotopic (exact) mass is 475 g/mol. The van der Waals surface area contributed by atoms with Crippen LogP contribution in [0.25, 0.3) is 0 Å². The van der Waals surface area contributed by atoms with Gasteiger partial charge in [0.1, 0.15) is 11.5 Å². The van der Waals surface area contributed by atoms with Crippen LogP contribution in [-0.4, -0.2) is 44.3 Å². The maximum atomic E-state index is 13.9. The van der Waals surface area contributed by atoms with E-state index in [-0.39, 0.29) is 25.2 Å². The average molecular weight is 475 g/mol. The van der Waals surface area contributed by atoms with E-state index in [9.17, 15) is 27.9 Å². The van der Waals surface area contributed by atoms with Crippen molar-refractivity contribution >= 4 is 5.91 Å². The molecule has 1 aromatic heterocycles. The molecule has 34 heavy (non-hydrogen) atoms. The Kier molecular flexibility index (Phi) is 8.06. The quantitative estimate of drug-likeness (QED) is 0.440. The fraction of sp³-hybridized carbons (Fsp3) is 0.292. The fourth-order valence-electron chi connectivity index (χ4n) is 3.71. The number of aliphatic hydroxyl groups excluding tert-OH is 1. The summed E-state index contributed by atoms with van der Waals surface area (Å²) in [5.41, 5.74) is -0.610. The normalized spacial score (nSPS) is 11.9. The van der Waals surface area contributed by atoms with Crippen LogP contribution in [-0.2, 0) is 6.61 Å². The molecule has 1 atom stereocenters. The summed E-state index contributed by atoms with van der Waals surface area (Å²) in [6, 6.07) is 9.09. The van der Waals surface area contributed by atoms with Crippen LogP contribution in [0.15, 0.2) is 47.3 Å². The minimum Gasteiger partial charge on any atom is -0.502 e. The number of carbonyl (C=O) groups excluding carboxylic acids is 1. The molecule has 2 aromatic carbocycles. The van der Waals surface area contributed by atoms with E-state index in [1.807, 2.05) is 6.92 Å². The third-order valence-corrected chi connectivity index (χ3v) is 5.47. The highest BCUT2D eigenvalue weighted by molar-refractivity contribution is 5.94. The lowest BCUT2D eigenvalue weighted by Crippen LogP contribution is -2.35. The van der Waals surface area contributed by atoms with Crippen molar-refractivity contribution in [2.24, 2.45) is 0 Å². The Labute approximate surface area is 193 Å². The maximum absolute atomic E-state index is 13.9. The third-order valence-electron chi connectivity index (χ3n) is 5.47. The van der Waals surface area contributed by atoms with Gasteiger partial charge in [-0.1, -0.05) is 25.1 Å². The van der Waals surface area contributed by atoms with Crippen molar-refractivity contribution < 1.29 is 28.2 Å². The van der Waals surface area contributed by atoms with E-state index in [1.165, 1.54) is 35.2 Å². The number of carbonyl (C=O) groups is 1. The number of aromatic amines is 1. The van der Waals surface area contributed by atoms with E-state index in [0.717, 1.165) is 12.1 Å². The zero-order chi connectivity index (χ0) is 24.8. The van der Waals surface area contributed by atoms with Gasteiger partial charge in [0, 0.05) is 19.0 Å². The first kappa shape index (κ1) is 25.0. The summed E-state index contributed by atoms with van der Waals surface area (Å²) in [5.74, 6) is -4.50. The highest BCUT2D eigenvalue weighted by atomic mass is 19.2. The molecular weight excluding hydrogens is 451 g/mol. The number of rotatable bonds is 9. The van der Waals surface area contributed by atoms with Crippen molar-refractivity contribution in [3.05, 3.63) is 92.7 Å². The van der Waals surface area contributed by atoms with Gasteiger partial charge in [0.25, 0.3) is 5.91 Å². The fourth-order valence-corrected chi connectivity index (χ4v) is 3.71. The zero-order valence-electron chi connectivity index (χ0n) is 18.4. The van der Waals surface area contributed by atoms with E-state index in [2.05, 4.69) is 10.2 Å². The molecule has 0 aliphatic heterocycles. The van der Waals surface area contributed by atoms with E-state index >= 15 is 0 Å². The van der Waals surface area contributed by atoms with Crippen LogP contribution >= 0.6 is 0 Å². The number of aromatic hydroxyl groups is 1. The molecule has 180 valence electrons. The molecular formula is C24H24F3N3O4. The molecule has 0 saturated heterocycles. The minimum atomic E-state index is -1.02. The Morgan fingerprint density at radius 3 is 2.35 bits per heavy atom. The summed E-state index contributed by atoms with van der Waals surface area (Å²) in [6.45, 7) is 1.53. The molecule has 0 aliphatic carbocycles. The Morgan fingerprint density at radius 1 is 1.06 bits per heavy atom. The summed E-state index contributed by atoms with van der Waals surface area (Å²) in [5, 5.41) is 25.2. The first-order valence-electron chi connectivity index (χ1n) is 10.7. The number of nitrogens with one attached hydrogen (secondary N) is 1. The number of halogens is 3. The van der Waals surface area contributed by atoms with Crippen molar-refractivity contribution in [3.63, 3.8) is 0 Å². The van der Waals surface area contributed by atoms with Gasteiger partial charge in [-0.15, -0.1) is 0 Å². The first-order chi connectivity index (χ1) is 16.3. The average Bonchev–Trinajstić information content (AvgIpc) is 2.83. The first-order valence-corrected chi connectivity index (χ1v) is 10.7. The number of hydrogen-bond donors (Lipinski definition) is 3. The molecule has 1 unspecified atom stereocenters. The highest BCUT2D eigenvalue weighted by Crippen LogP contribution is 2.30. The summed E-state index contributed by atoms with van der Waals surface area (Å²) in [7, 11) is 0. The Bertz CT molecular complexity index is 1220. The number of amides is 1. The standard InChI is InChI=1S/C24H24F3N3O4/c1-2-10-30(24(34)21-23(33)22(32)20(13-31)28-29-21)11-9-17(14-3-6-16(25)7-4-14)15-5-8-18(26)19(27)12-15/h3-8,12,17,31H,2,9-11,13H2,1H3,(H,28,33)(H,29,32). The van der Waals surface area contributed by atoms with Gasteiger partial charge < -0.3 is 15.1 Å². The second-order valence-corrected chi connectivity index (χ2v) is 7.74. The largest absolute Gasteiger partial charge is 0.502 e. The molecule has 0 aliphatic rings. The van der Waals surface area contributed by atoms with Crippen molar-refractivity contribution in [2.75, 3.05) is 13.1 Å².